The SMILES string of the molecule is CC1(C)[C@H]2O[C@H]2[C@H]2[C@](C)(O)[C@@H]3CCC4[C@H](O)[C@@]3(C[C@@H](O)[C@@]21O)C[C@@]4(C)O. The number of fused-ring (bicyclic) bond motifs is 4. The van der Waals surface area contributed by atoms with E-state index in [1.807, 2.05) is 13.8 Å². The molecule has 5 N–H and O–H groups in total. The standard InChI is InChI=1S/C20H32O6/c1-16(2)15-12(26-15)13-18(4,24)10-6-5-9-14(22)19(10,8-17(9,3)23)7-11(21)20(13,16)25/h9-15,21-25H,5-8H2,1-4H3/t9?,10-,11+,12-,13-,14-,15-,17+,18+,19-,20+/m0/s1. The lowest BCUT2D eigenvalue weighted by Crippen LogP contribution is -2.63. The van der Waals surface area contributed by atoms with Crippen LogP contribution in [0.4, 0.5) is 0 Å². The first-order valence-corrected chi connectivity index (χ1v) is 10.0. The molecule has 2 bridgehead atoms. The number of aliphatic hydroxyl groups is 5. The Kier molecular flexibility index (Phi) is 3.08. The summed E-state index contributed by atoms with van der Waals surface area (Å²) in [6, 6.07) is 0. The molecule has 1 saturated heterocycles. The minimum atomic E-state index is -1.49. The summed E-state index contributed by atoms with van der Waals surface area (Å²) in [6.07, 6.45) is -0.485. The van der Waals surface area contributed by atoms with Crippen molar-refractivity contribution in [2.24, 2.45) is 28.6 Å². The molecule has 4 aliphatic carbocycles. The lowest BCUT2D eigenvalue weighted by molar-refractivity contribution is -0.222. The van der Waals surface area contributed by atoms with Crippen molar-refractivity contribution in [1.29, 1.82) is 0 Å². The largest absolute Gasteiger partial charge is 0.392 e. The molecule has 5 fully saturated rings. The Hall–Kier alpha value is -0.240. The van der Waals surface area contributed by atoms with Gasteiger partial charge in [0.05, 0.1) is 35.6 Å². The Morgan fingerprint density at radius 2 is 1.62 bits per heavy atom. The molecule has 0 aromatic carbocycles. The topological polar surface area (TPSA) is 114 Å². The summed E-state index contributed by atoms with van der Waals surface area (Å²) in [5, 5.41) is 56.9. The van der Waals surface area contributed by atoms with Crippen LogP contribution in [0.1, 0.15) is 53.4 Å². The first kappa shape index (κ1) is 17.8. The van der Waals surface area contributed by atoms with Crippen molar-refractivity contribution in [3.63, 3.8) is 0 Å². The minimum absolute atomic E-state index is 0.166. The van der Waals surface area contributed by atoms with Crippen molar-refractivity contribution in [1.82, 2.24) is 0 Å². The predicted molar refractivity (Wildman–Crippen MR) is 92.0 cm³/mol. The van der Waals surface area contributed by atoms with Crippen LogP contribution in [0.3, 0.4) is 0 Å². The molecule has 6 nitrogen and oxygen atoms in total. The second kappa shape index (κ2) is 4.50. The van der Waals surface area contributed by atoms with Gasteiger partial charge < -0.3 is 30.3 Å². The van der Waals surface area contributed by atoms with Crippen LogP contribution in [0.25, 0.3) is 0 Å². The molecule has 1 spiro atoms. The lowest BCUT2D eigenvalue weighted by atomic mass is 9.57. The van der Waals surface area contributed by atoms with Crippen LogP contribution < -0.4 is 0 Å². The van der Waals surface area contributed by atoms with E-state index in [4.69, 9.17) is 4.74 Å². The average molecular weight is 368 g/mol. The first-order chi connectivity index (χ1) is 11.8. The molecular formula is C20H32O6. The summed E-state index contributed by atoms with van der Waals surface area (Å²) in [4.78, 5) is 0. The fourth-order valence-electron chi connectivity index (χ4n) is 8.27. The zero-order valence-electron chi connectivity index (χ0n) is 16.0. The molecule has 0 aromatic rings. The van der Waals surface area contributed by atoms with Crippen molar-refractivity contribution in [2.75, 3.05) is 0 Å². The summed E-state index contributed by atoms with van der Waals surface area (Å²) in [5.41, 5.74) is -5.30. The van der Waals surface area contributed by atoms with Gasteiger partial charge in [0.1, 0.15) is 5.60 Å². The van der Waals surface area contributed by atoms with E-state index in [1.54, 1.807) is 13.8 Å². The maximum absolute atomic E-state index is 11.8. The molecule has 11 atom stereocenters. The molecule has 1 aliphatic heterocycles. The smallest absolute Gasteiger partial charge is 0.106 e. The van der Waals surface area contributed by atoms with Crippen LogP contribution >= 0.6 is 0 Å². The highest BCUT2D eigenvalue weighted by atomic mass is 16.6. The second-order valence-corrected chi connectivity index (χ2v) is 10.9. The van der Waals surface area contributed by atoms with Gasteiger partial charge in [-0.05, 0) is 45.4 Å². The van der Waals surface area contributed by atoms with Crippen molar-refractivity contribution in [3.8, 4) is 0 Å². The van der Waals surface area contributed by atoms with E-state index >= 15 is 0 Å². The van der Waals surface area contributed by atoms with Crippen LogP contribution in [0, 0.1) is 28.6 Å². The lowest BCUT2D eigenvalue weighted by Gasteiger charge is -2.51. The molecule has 26 heavy (non-hydrogen) atoms. The summed E-state index contributed by atoms with van der Waals surface area (Å²) in [7, 11) is 0. The molecule has 0 amide bonds. The second-order valence-electron chi connectivity index (χ2n) is 10.9. The number of hydrogen-bond donors (Lipinski definition) is 5. The van der Waals surface area contributed by atoms with Crippen LogP contribution in [-0.2, 0) is 4.74 Å². The van der Waals surface area contributed by atoms with E-state index < -0.39 is 45.8 Å². The van der Waals surface area contributed by atoms with Crippen molar-refractivity contribution in [2.45, 2.75) is 94.6 Å². The molecule has 6 heteroatoms. The third kappa shape index (κ3) is 1.64. The third-order valence-corrected chi connectivity index (χ3v) is 9.40. The quantitative estimate of drug-likeness (QED) is 0.390. The number of ether oxygens (including phenoxy) is 1. The summed E-state index contributed by atoms with van der Waals surface area (Å²) in [6.45, 7) is 7.29. The van der Waals surface area contributed by atoms with Gasteiger partial charge in [0, 0.05) is 22.7 Å². The van der Waals surface area contributed by atoms with Crippen molar-refractivity contribution >= 4 is 0 Å². The Bertz CT molecular complexity index is 659. The molecule has 5 rings (SSSR count). The predicted octanol–water partition coefficient (Wildman–Crippen LogP) is 0.185. The van der Waals surface area contributed by atoms with Crippen LogP contribution in [-0.4, -0.2) is 66.8 Å². The Morgan fingerprint density at radius 1 is 0.962 bits per heavy atom. The van der Waals surface area contributed by atoms with E-state index in [9.17, 15) is 25.5 Å². The molecule has 0 radical (unpaired) electrons. The van der Waals surface area contributed by atoms with Crippen molar-refractivity contribution < 1.29 is 30.3 Å². The Balaban J connectivity index is 1.70. The van der Waals surface area contributed by atoms with E-state index in [2.05, 4.69) is 0 Å². The number of epoxide rings is 1. The van der Waals surface area contributed by atoms with E-state index in [-0.39, 0.29) is 30.5 Å². The maximum atomic E-state index is 11.8. The molecule has 1 unspecified atom stereocenters. The van der Waals surface area contributed by atoms with Crippen LogP contribution in [0.5, 0.6) is 0 Å². The highest BCUT2D eigenvalue weighted by molar-refractivity contribution is 5.31. The fraction of sp³-hybridized carbons (Fsp3) is 1.00. The van der Waals surface area contributed by atoms with E-state index in [1.165, 1.54) is 0 Å². The first-order valence-electron chi connectivity index (χ1n) is 10.0. The van der Waals surface area contributed by atoms with Gasteiger partial charge >= 0.3 is 0 Å². The number of aliphatic hydroxyl groups excluding tert-OH is 2. The zero-order valence-corrected chi connectivity index (χ0v) is 16.0. The number of hydrogen-bond acceptors (Lipinski definition) is 6. The normalized spacial score (nSPS) is 68.0. The zero-order chi connectivity index (χ0) is 19.1. The van der Waals surface area contributed by atoms with E-state index in [0.29, 0.717) is 19.3 Å². The third-order valence-electron chi connectivity index (χ3n) is 9.40. The maximum Gasteiger partial charge on any atom is 0.106 e. The highest BCUT2D eigenvalue weighted by Gasteiger charge is 2.82. The molecule has 148 valence electrons. The van der Waals surface area contributed by atoms with Gasteiger partial charge in [-0.1, -0.05) is 13.8 Å². The Morgan fingerprint density at radius 3 is 2.27 bits per heavy atom. The van der Waals surface area contributed by atoms with Gasteiger partial charge in [0.2, 0.25) is 0 Å². The molecule has 1 heterocycles. The fourth-order valence-corrected chi connectivity index (χ4v) is 8.27. The van der Waals surface area contributed by atoms with Crippen molar-refractivity contribution in [3.05, 3.63) is 0 Å². The minimum Gasteiger partial charge on any atom is -0.392 e. The Labute approximate surface area is 154 Å². The van der Waals surface area contributed by atoms with Gasteiger partial charge in [0.25, 0.3) is 0 Å². The highest BCUT2D eigenvalue weighted by Crippen LogP contribution is 2.72. The molecular weight excluding hydrogens is 336 g/mol. The molecule has 4 saturated carbocycles. The van der Waals surface area contributed by atoms with Crippen LogP contribution in [0.15, 0.2) is 0 Å². The van der Waals surface area contributed by atoms with Gasteiger partial charge in [-0.15, -0.1) is 0 Å². The molecule has 5 aliphatic rings. The van der Waals surface area contributed by atoms with Gasteiger partial charge in [-0.25, -0.2) is 0 Å². The summed E-state index contributed by atoms with van der Waals surface area (Å²) >= 11 is 0. The van der Waals surface area contributed by atoms with Crippen LogP contribution in [0.2, 0.25) is 0 Å². The monoisotopic (exact) mass is 368 g/mol. The van der Waals surface area contributed by atoms with Gasteiger partial charge in [-0.3, -0.25) is 0 Å². The molecule has 0 aromatic heterocycles. The number of rotatable bonds is 0. The summed E-state index contributed by atoms with van der Waals surface area (Å²) < 4.78 is 5.82. The average Bonchev–Trinajstić information content (AvgIpc) is 3.22. The summed E-state index contributed by atoms with van der Waals surface area (Å²) in [5.74, 6) is -1.17. The van der Waals surface area contributed by atoms with E-state index in [0.717, 1.165) is 0 Å². The van der Waals surface area contributed by atoms with Gasteiger partial charge in [-0.2, -0.15) is 0 Å². The van der Waals surface area contributed by atoms with Gasteiger partial charge in [0.15, 0.2) is 0 Å².